The highest BCUT2D eigenvalue weighted by Crippen LogP contribution is 2.31. The minimum atomic E-state index is -0.744. The van der Waals surface area contributed by atoms with Gasteiger partial charge < -0.3 is 10.0 Å². The Morgan fingerprint density at radius 2 is 2.20 bits per heavy atom. The molecule has 1 N–H and O–H groups in total. The monoisotopic (exact) mass is 354 g/mol. The Morgan fingerprint density at radius 3 is 2.96 bits per heavy atom. The van der Waals surface area contributed by atoms with Crippen LogP contribution in [0.2, 0.25) is 0 Å². The van der Waals surface area contributed by atoms with Gasteiger partial charge in [-0.25, -0.2) is 4.98 Å². The van der Waals surface area contributed by atoms with Gasteiger partial charge in [0.2, 0.25) is 0 Å². The second-order valence-electron chi connectivity index (χ2n) is 6.27. The van der Waals surface area contributed by atoms with Crippen molar-refractivity contribution in [1.82, 2.24) is 14.8 Å². The van der Waals surface area contributed by atoms with E-state index in [0.717, 1.165) is 27.6 Å². The molecule has 6 nitrogen and oxygen atoms in total. The van der Waals surface area contributed by atoms with Gasteiger partial charge in [-0.1, -0.05) is 18.2 Å². The molecule has 4 rings (SSSR count). The van der Waals surface area contributed by atoms with E-state index in [1.54, 1.807) is 16.0 Å². The molecule has 25 heavy (non-hydrogen) atoms. The highest BCUT2D eigenvalue weighted by molar-refractivity contribution is 7.13. The number of aliphatic carboxylic acids is 1. The Balaban J connectivity index is 1.59. The Hall–Kier alpha value is -2.67. The molecule has 0 radical (unpaired) electrons. The van der Waals surface area contributed by atoms with Crippen molar-refractivity contribution in [1.29, 1.82) is 0 Å². The van der Waals surface area contributed by atoms with Crippen LogP contribution in [0, 0.1) is 5.92 Å². The second-order valence-corrected chi connectivity index (χ2v) is 7.13. The maximum Gasteiger partial charge on any atom is 0.308 e. The summed E-state index contributed by atoms with van der Waals surface area (Å²) in [5.41, 5.74) is 3.99. The van der Waals surface area contributed by atoms with Crippen molar-refractivity contribution < 1.29 is 9.90 Å². The van der Waals surface area contributed by atoms with Crippen molar-refractivity contribution >= 4 is 23.0 Å². The van der Waals surface area contributed by atoms with Crippen LogP contribution in [0.1, 0.15) is 11.3 Å². The molecular weight excluding hydrogens is 336 g/mol. The summed E-state index contributed by atoms with van der Waals surface area (Å²) in [5.74, 6) is -1.13. The van der Waals surface area contributed by atoms with Crippen LogP contribution in [0.15, 0.2) is 41.9 Å². The SMILES string of the molecule is Cn1ccc(-c2nc(CN3CC(C(=O)O)Cc4ccccc43)cs2)n1. The first-order chi connectivity index (χ1) is 12.1. The quantitative estimate of drug-likeness (QED) is 0.780. The largest absolute Gasteiger partial charge is 0.481 e. The fraction of sp³-hybridized carbons (Fsp3) is 0.278. The highest BCUT2D eigenvalue weighted by atomic mass is 32.1. The van der Waals surface area contributed by atoms with Gasteiger partial charge in [0.15, 0.2) is 0 Å². The van der Waals surface area contributed by atoms with Crippen molar-refractivity contribution in [3.8, 4) is 10.7 Å². The van der Waals surface area contributed by atoms with Gasteiger partial charge in [-0.3, -0.25) is 9.48 Å². The molecule has 128 valence electrons. The number of carboxylic acids is 1. The Morgan fingerprint density at radius 1 is 1.36 bits per heavy atom. The number of thiazole rings is 1. The number of fused-ring (bicyclic) bond motifs is 1. The van der Waals surface area contributed by atoms with Crippen LogP contribution >= 0.6 is 11.3 Å². The van der Waals surface area contributed by atoms with Gasteiger partial charge in [0.25, 0.3) is 0 Å². The Bertz CT molecular complexity index is 917. The number of para-hydroxylation sites is 1. The Labute approximate surface area is 149 Å². The lowest BCUT2D eigenvalue weighted by molar-refractivity contribution is -0.141. The van der Waals surface area contributed by atoms with Crippen LogP contribution < -0.4 is 4.90 Å². The van der Waals surface area contributed by atoms with E-state index in [2.05, 4.69) is 21.0 Å². The lowest BCUT2D eigenvalue weighted by Gasteiger charge is -2.34. The third-order valence-electron chi connectivity index (χ3n) is 4.43. The van der Waals surface area contributed by atoms with Crippen LogP contribution in [-0.4, -0.2) is 32.4 Å². The first-order valence-electron chi connectivity index (χ1n) is 8.10. The van der Waals surface area contributed by atoms with E-state index in [9.17, 15) is 9.90 Å². The molecule has 1 unspecified atom stereocenters. The average Bonchev–Trinajstić information content (AvgIpc) is 3.23. The molecule has 7 heteroatoms. The minimum absolute atomic E-state index is 0.385. The molecule has 0 bridgehead atoms. The molecule has 3 aromatic rings. The van der Waals surface area contributed by atoms with E-state index in [1.807, 2.05) is 42.9 Å². The minimum Gasteiger partial charge on any atom is -0.481 e. The zero-order valence-electron chi connectivity index (χ0n) is 13.8. The van der Waals surface area contributed by atoms with Gasteiger partial charge in [-0.05, 0) is 24.1 Å². The van der Waals surface area contributed by atoms with Crippen molar-refractivity contribution in [3.63, 3.8) is 0 Å². The van der Waals surface area contributed by atoms with Gasteiger partial charge >= 0.3 is 5.97 Å². The molecule has 1 atom stereocenters. The van der Waals surface area contributed by atoms with Crippen LogP contribution in [0.5, 0.6) is 0 Å². The summed E-state index contributed by atoms with van der Waals surface area (Å²) in [6, 6.07) is 9.97. The number of aromatic nitrogens is 3. The zero-order valence-corrected chi connectivity index (χ0v) is 14.6. The predicted octanol–water partition coefficient (Wildman–Crippen LogP) is 2.81. The second kappa shape index (κ2) is 6.33. The number of carboxylic acid groups (broad SMARTS) is 1. The van der Waals surface area contributed by atoms with E-state index in [0.29, 0.717) is 19.5 Å². The molecule has 0 spiro atoms. The number of hydrogen-bond acceptors (Lipinski definition) is 5. The lowest BCUT2D eigenvalue weighted by Crippen LogP contribution is -2.38. The number of carbonyl (C=O) groups is 1. The zero-order chi connectivity index (χ0) is 17.4. The average molecular weight is 354 g/mol. The molecule has 1 aliphatic heterocycles. The van der Waals surface area contributed by atoms with E-state index in [-0.39, 0.29) is 5.92 Å². The lowest BCUT2D eigenvalue weighted by atomic mass is 9.92. The number of hydrogen-bond donors (Lipinski definition) is 1. The third-order valence-corrected chi connectivity index (χ3v) is 5.34. The number of benzene rings is 1. The molecule has 1 aliphatic rings. The smallest absolute Gasteiger partial charge is 0.308 e. The van der Waals surface area contributed by atoms with Crippen LogP contribution in [0.4, 0.5) is 5.69 Å². The maximum absolute atomic E-state index is 11.5. The number of aryl methyl sites for hydroxylation is 1. The molecule has 0 fully saturated rings. The van der Waals surface area contributed by atoms with Crippen molar-refractivity contribution in [3.05, 3.63) is 53.2 Å². The predicted molar refractivity (Wildman–Crippen MR) is 96.6 cm³/mol. The van der Waals surface area contributed by atoms with Crippen molar-refractivity contribution in [2.75, 3.05) is 11.4 Å². The van der Waals surface area contributed by atoms with Crippen molar-refractivity contribution in [2.45, 2.75) is 13.0 Å². The normalized spacial score (nSPS) is 16.7. The third kappa shape index (κ3) is 3.15. The number of anilines is 1. The summed E-state index contributed by atoms with van der Waals surface area (Å²) in [4.78, 5) is 18.3. The van der Waals surface area contributed by atoms with Gasteiger partial charge in [0, 0.05) is 30.9 Å². The first-order valence-corrected chi connectivity index (χ1v) is 8.98. The first kappa shape index (κ1) is 15.8. The molecule has 0 amide bonds. The van der Waals surface area contributed by atoms with Crippen LogP contribution in [-0.2, 0) is 24.8 Å². The van der Waals surface area contributed by atoms with Gasteiger partial charge in [-0.15, -0.1) is 11.3 Å². The standard InChI is InChI=1S/C18H18N4O2S/c1-21-7-6-15(20-21)17-19-14(11-25-17)10-22-9-13(18(23)24)8-12-4-2-3-5-16(12)22/h2-7,11,13H,8-10H2,1H3,(H,23,24). The molecule has 3 heterocycles. The van der Waals surface area contributed by atoms with Gasteiger partial charge in [0.1, 0.15) is 10.7 Å². The van der Waals surface area contributed by atoms with E-state index in [1.165, 1.54) is 0 Å². The van der Waals surface area contributed by atoms with Gasteiger partial charge in [-0.2, -0.15) is 5.10 Å². The topological polar surface area (TPSA) is 71.2 Å². The summed E-state index contributed by atoms with van der Waals surface area (Å²) in [6.45, 7) is 1.10. The maximum atomic E-state index is 11.5. The van der Waals surface area contributed by atoms with Crippen molar-refractivity contribution in [2.24, 2.45) is 13.0 Å². The van der Waals surface area contributed by atoms with Crippen LogP contribution in [0.25, 0.3) is 10.7 Å². The highest BCUT2D eigenvalue weighted by Gasteiger charge is 2.29. The van der Waals surface area contributed by atoms with Crippen LogP contribution in [0.3, 0.4) is 0 Å². The summed E-state index contributed by atoms with van der Waals surface area (Å²) in [6.07, 6.45) is 2.48. The van der Waals surface area contributed by atoms with E-state index >= 15 is 0 Å². The molecule has 2 aromatic heterocycles. The molecule has 0 saturated heterocycles. The summed E-state index contributed by atoms with van der Waals surface area (Å²) < 4.78 is 1.76. The van der Waals surface area contributed by atoms with E-state index in [4.69, 9.17) is 0 Å². The molecule has 0 saturated carbocycles. The fourth-order valence-corrected chi connectivity index (χ4v) is 4.00. The number of rotatable bonds is 4. The molecule has 0 aliphatic carbocycles. The number of nitrogens with zero attached hydrogens (tertiary/aromatic N) is 4. The van der Waals surface area contributed by atoms with Gasteiger partial charge in [0.05, 0.1) is 18.2 Å². The summed E-state index contributed by atoms with van der Waals surface area (Å²) in [7, 11) is 1.88. The Kier molecular flexibility index (Phi) is 4.01. The fourth-order valence-electron chi connectivity index (χ4n) is 3.22. The van der Waals surface area contributed by atoms with E-state index < -0.39 is 5.97 Å². The molecular formula is C18H18N4O2S. The summed E-state index contributed by atoms with van der Waals surface area (Å²) >= 11 is 1.56. The molecule has 1 aromatic carbocycles. The summed E-state index contributed by atoms with van der Waals surface area (Å²) in [5, 5.41) is 16.7.